The summed E-state index contributed by atoms with van der Waals surface area (Å²) < 4.78 is 15.1. The number of benzene rings is 2. The van der Waals surface area contributed by atoms with E-state index in [0.29, 0.717) is 6.54 Å². The predicted molar refractivity (Wildman–Crippen MR) is 111 cm³/mol. The van der Waals surface area contributed by atoms with E-state index in [1.54, 1.807) is 0 Å². The molecule has 0 saturated heterocycles. The van der Waals surface area contributed by atoms with E-state index in [1.165, 1.54) is 17.7 Å². The van der Waals surface area contributed by atoms with Crippen molar-refractivity contribution < 1.29 is 4.39 Å². The molecule has 2 aromatic carbocycles. The zero-order valence-corrected chi connectivity index (χ0v) is 16.1. The molecule has 28 heavy (non-hydrogen) atoms. The minimum atomic E-state index is -0.211. The number of halogens is 1. The van der Waals surface area contributed by atoms with E-state index in [0.717, 1.165) is 43.4 Å². The Kier molecular flexibility index (Phi) is 7.18. The molecule has 0 aliphatic heterocycles. The van der Waals surface area contributed by atoms with Gasteiger partial charge >= 0.3 is 0 Å². The fourth-order valence-corrected chi connectivity index (χ4v) is 2.88. The minimum absolute atomic E-state index is 0.211. The normalized spacial score (nSPS) is 11.4. The van der Waals surface area contributed by atoms with Gasteiger partial charge in [0.05, 0.1) is 0 Å². The molecule has 0 amide bonds. The summed E-state index contributed by atoms with van der Waals surface area (Å²) in [6, 6.07) is 16.9. The van der Waals surface area contributed by atoms with Crippen LogP contribution < -0.4 is 10.6 Å². The summed E-state index contributed by atoms with van der Waals surface area (Å²) in [5.41, 5.74) is 2.32. The van der Waals surface area contributed by atoms with Crippen LogP contribution in [-0.2, 0) is 19.5 Å². The molecule has 146 valence electrons. The van der Waals surface area contributed by atoms with Crippen LogP contribution in [-0.4, -0.2) is 28.6 Å². The van der Waals surface area contributed by atoms with Crippen LogP contribution in [0.5, 0.6) is 0 Å². The number of rotatable bonds is 8. The highest BCUT2D eigenvalue weighted by Crippen LogP contribution is 2.07. The first-order valence-corrected chi connectivity index (χ1v) is 9.55. The average Bonchev–Trinajstić information content (AvgIpc) is 3.15. The van der Waals surface area contributed by atoms with Crippen LogP contribution in [0.2, 0.25) is 0 Å². The van der Waals surface area contributed by atoms with Crippen molar-refractivity contribution in [3.05, 3.63) is 89.8 Å². The molecule has 1 heterocycles. The lowest BCUT2D eigenvalue weighted by Crippen LogP contribution is -2.38. The number of guanidine groups is 1. The lowest BCUT2D eigenvalue weighted by molar-refractivity contribution is 0.626. The van der Waals surface area contributed by atoms with Crippen molar-refractivity contribution >= 4 is 5.96 Å². The molecule has 0 atom stereocenters. The third-order valence-corrected chi connectivity index (χ3v) is 4.34. The molecule has 0 aliphatic rings. The zero-order valence-electron chi connectivity index (χ0n) is 16.1. The van der Waals surface area contributed by atoms with Gasteiger partial charge in [-0.3, -0.25) is 0 Å². The zero-order chi connectivity index (χ0) is 19.6. The maximum absolute atomic E-state index is 13.0. The van der Waals surface area contributed by atoms with Crippen molar-refractivity contribution in [2.45, 2.75) is 26.4 Å². The highest BCUT2D eigenvalue weighted by atomic mass is 19.1. The van der Waals surface area contributed by atoms with Crippen LogP contribution in [0.4, 0.5) is 4.39 Å². The lowest BCUT2D eigenvalue weighted by atomic mass is 10.1. The summed E-state index contributed by atoms with van der Waals surface area (Å²) in [5.74, 6) is 1.45. The second-order valence-corrected chi connectivity index (χ2v) is 6.46. The molecule has 1 aromatic heterocycles. The highest BCUT2D eigenvalue weighted by Gasteiger charge is 2.04. The van der Waals surface area contributed by atoms with Gasteiger partial charge in [-0.25, -0.2) is 14.4 Å². The van der Waals surface area contributed by atoms with Crippen LogP contribution in [0.15, 0.2) is 72.0 Å². The van der Waals surface area contributed by atoms with Crippen molar-refractivity contribution in [1.29, 1.82) is 0 Å². The van der Waals surface area contributed by atoms with Gasteiger partial charge in [0, 0.05) is 32.0 Å². The van der Waals surface area contributed by atoms with Gasteiger partial charge < -0.3 is 15.2 Å². The Morgan fingerprint density at radius 3 is 2.57 bits per heavy atom. The van der Waals surface area contributed by atoms with Gasteiger partial charge in [0.1, 0.15) is 18.2 Å². The molecule has 0 bridgehead atoms. The minimum Gasteiger partial charge on any atom is -0.357 e. The third-order valence-electron chi connectivity index (χ3n) is 4.34. The van der Waals surface area contributed by atoms with Gasteiger partial charge in [0.15, 0.2) is 5.96 Å². The van der Waals surface area contributed by atoms with Crippen molar-refractivity contribution in [2.75, 3.05) is 13.1 Å². The standard InChI is InChI=1S/C22H26FN5/c1-2-24-22(26-13-12-18-8-10-20(23)11-9-18)27-16-21-25-14-15-28(21)17-19-6-4-3-5-7-19/h3-11,14-15H,2,12-13,16-17H2,1H3,(H2,24,26,27). The monoisotopic (exact) mass is 379 g/mol. The average molecular weight is 379 g/mol. The molecular weight excluding hydrogens is 353 g/mol. The first kappa shape index (κ1) is 19.6. The SMILES string of the molecule is CCNC(=NCc1nccn1Cc1ccccc1)NCCc1ccc(F)cc1. The number of hydrogen-bond acceptors (Lipinski definition) is 2. The van der Waals surface area contributed by atoms with E-state index in [-0.39, 0.29) is 5.82 Å². The van der Waals surface area contributed by atoms with Gasteiger partial charge in [-0.15, -0.1) is 0 Å². The fourth-order valence-electron chi connectivity index (χ4n) is 2.88. The molecule has 0 fully saturated rings. The predicted octanol–water partition coefficient (Wildman–Crippen LogP) is 3.37. The van der Waals surface area contributed by atoms with E-state index in [9.17, 15) is 4.39 Å². The molecular formula is C22H26FN5. The smallest absolute Gasteiger partial charge is 0.191 e. The van der Waals surface area contributed by atoms with E-state index in [2.05, 4.69) is 37.3 Å². The quantitative estimate of drug-likeness (QED) is 0.466. The van der Waals surface area contributed by atoms with Gasteiger partial charge in [0.25, 0.3) is 0 Å². The Hall–Kier alpha value is -3.15. The Bertz CT molecular complexity index is 871. The summed E-state index contributed by atoms with van der Waals surface area (Å²) in [5, 5.41) is 6.57. The molecule has 0 spiro atoms. The molecule has 6 heteroatoms. The third kappa shape index (κ3) is 5.94. The van der Waals surface area contributed by atoms with E-state index in [1.807, 2.05) is 49.6 Å². The van der Waals surface area contributed by atoms with Crippen LogP contribution >= 0.6 is 0 Å². The van der Waals surface area contributed by atoms with Crippen molar-refractivity contribution in [2.24, 2.45) is 4.99 Å². The Balaban J connectivity index is 1.57. The summed E-state index contributed by atoms with van der Waals surface area (Å²) in [4.78, 5) is 9.10. The summed E-state index contributed by atoms with van der Waals surface area (Å²) >= 11 is 0. The van der Waals surface area contributed by atoms with Crippen molar-refractivity contribution in [3.8, 4) is 0 Å². The Labute approximate surface area is 165 Å². The van der Waals surface area contributed by atoms with E-state index >= 15 is 0 Å². The number of hydrogen-bond donors (Lipinski definition) is 2. The molecule has 3 aromatic rings. The van der Waals surface area contributed by atoms with Crippen LogP contribution in [0, 0.1) is 5.82 Å². The van der Waals surface area contributed by atoms with E-state index in [4.69, 9.17) is 0 Å². The van der Waals surface area contributed by atoms with Crippen LogP contribution in [0.3, 0.4) is 0 Å². The number of nitrogens with zero attached hydrogens (tertiary/aromatic N) is 3. The largest absolute Gasteiger partial charge is 0.357 e. The molecule has 2 N–H and O–H groups in total. The maximum Gasteiger partial charge on any atom is 0.191 e. The van der Waals surface area contributed by atoms with Crippen molar-refractivity contribution in [3.63, 3.8) is 0 Å². The number of aromatic nitrogens is 2. The second kappa shape index (κ2) is 10.3. The highest BCUT2D eigenvalue weighted by molar-refractivity contribution is 5.79. The summed E-state index contributed by atoms with van der Waals surface area (Å²) in [7, 11) is 0. The summed E-state index contributed by atoms with van der Waals surface area (Å²) in [6.45, 7) is 4.80. The van der Waals surface area contributed by atoms with Crippen molar-refractivity contribution in [1.82, 2.24) is 20.2 Å². The van der Waals surface area contributed by atoms with Crippen LogP contribution in [0.25, 0.3) is 0 Å². The van der Waals surface area contributed by atoms with Gasteiger partial charge in [-0.1, -0.05) is 42.5 Å². The first-order valence-electron chi connectivity index (χ1n) is 9.55. The Morgan fingerprint density at radius 2 is 1.82 bits per heavy atom. The molecule has 0 unspecified atom stereocenters. The lowest BCUT2D eigenvalue weighted by Gasteiger charge is -2.12. The second-order valence-electron chi connectivity index (χ2n) is 6.46. The van der Waals surface area contributed by atoms with E-state index < -0.39 is 0 Å². The number of nitrogens with one attached hydrogen (secondary N) is 2. The number of aliphatic imine (C=N–C) groups is 1. The topological polar surface area (TPSA) is 54.2 Å². The van der Waals surface area contributed by atoms with Crippen LogP contribution in [0.1, 0.15) is 23.9 Å². The molecule has 0 aliphatic carbocycles. The molecule has 0 radical (unpaired) electrons. The number of imidazole rings is 1. The Morgan fingerprint density at radius 1 is 1.04 bits per heavy atom. The van der Waals surface area contributed by atoms with Gasteiger partial charge in [-0.2, -0.15) is 0 Å². The maximum atomic E-state index is 13.0. The molecule has 5 nitrogen and oxygen atoms in total. The summed E-state index contributed by atoms with van der Waals surface area (Å²) in [6.07, 6.45) is 4.59. The van der Waals surface area contributed by atoms with Gasteiger partial charge in [-0.05, 0) is 36.6 Å². The molecule has 0 saturated carbocycles. The first-order chi connectivity index (χ1) is 13.7. The molecule has 3 rings (SSSR count). The fraction of sp³-hybridized carbons (Fsp3) is 0.273. The van der Waals surface area contributed by atoms with Gasteiger partial charge in [0.2, 0.25) is 0 Å².